The Morgan fingerprint density at radius 1 is 1.25 bits per heavy atom. The van der Waals surface area contributed by atoms with Gasteiger partial charge in [-0.3, -0.25) is 4.79 Å². The largest absolute Gasteiger partial charge is 0.353 e. The lowest BCUT2D eigenvalue weighted by Gasteiger charge is -2.35. The van der Waals surface area contributed by atoms with Gasteiger partial charge in [0.05, 0.1) is 0 Å². The molecule has 1 fully saturated rings. The zero-order valence-electron chi connectivity index (χ0n) is 13.9. The van der Waals surface area contributed by atoms with Crippen molar-refractivity contribution < 1.29 is 4.79 Å². The quantitative estimate of drug-likeness (QED) is 0.795. The average Bonchev–Trinajstić information content (AvgIpc) is 3.13. The van der Waals surface area contributed by atoms with Gasteiger partial charge in [-0.2, -0.15) is 16.3 Å². The first kappa shape index (κ1) is 16.4. The molecule has 1 amide bonds. The highest BCUT2D eigenvalue weighted by Gasteiger charge is 2.21. The Morgan fingerprint density at radius 3 is 2.71 bits per heavy atom. The Labute approximate surface area is 146 Å². The first-order valence-electron chi connectivity index (χ1n) is 7.88. The van der Waals surface area contributed by atoms with Crippen molar-refractivity contribution >= 4 is 35.1 Å². The van der Waals surface area contributed by atoms with Crippen LogP contribution in [0.3, 0.4) is 0 Å². The molecule has 0 atom stereocenters. The molecular weight excluding hydrogens is 322 g/mol. The lowest BCUT2D eigenvalue weighted by Crippen LogP contribution is -2.48. The third-order valence-electron chi connectivity index (χ3n) is 3.91. The van der Waals surface area contributed by atoms with Crippen LogP contribution in [0.4, 0.5) is 11.8 Å². The van der Waals surface area contributed by atoms with Gasteiger partial charge in [0.2, 0.25) is 11.9 Å². The van der Waals surface area contributed by atoms with Gasteiger partial charge in [0.1, 0.15) is 5.82 Å². The number of hydrogen-bond donors (Lipinski definition) is 0. The lowest BCUT2D eigenvalue weighted by atomic mass is 10.2. The van der Waals surface area contributed by atoms with Crippen LogP contribution in [0.5, 0.6) is 0 Å². The molecule has 0 bridgehead atoms. The number of carbonyl (C=O) groups excluding carboxylic acids is 1. The summed E-state index contributed by atoms with van der Waals surface area (Å²) in [6.07, 6.45) is 5.31. The maximum Gasteiger partial charge on any atom is 0.246 e. The summed E-state index contributed by atoms with van der Waals surface area (Å²) < 4.78 is 0. The highest BCUT2D eigenvalue weighted by atomic mass is 32.1. The number of piperazine rings is 1. The van der Waals surface area contributed by atoms with E-state index in [0.29, 0.717) is 19.0 Å². The molecule has 0 unspecified atom stereocenters. The molecule has 0 aromatic carbocycles. The van der Waals surface area contributed by atoms with Crippen molar-refractivity contribution in [1.82, 2.24) is 14.9 Å². The molecule has 0 radical (unpaired) electrons. The first-order valence-corrected chi connectivity index (χ1v) is 8.82. The van der Waals surface area contributed by atoms with Crippen LogP contribution in [0.1, 0.15) is 5.56 Å². The molecular formula is C17H21N5OS. The van der Waals surface area contributed by atoms with E-state index in [0.717, 1.165) is 24.5 Å². The minimum atomic E-state index is 0.0671. The van der Waals surface area contributed by atoms with Gasteiger partial charge in [0, 0.05) is 52.5 Å². The van der Waals surface area contributed by atoms with Crippen LogP contribution in [0.2, 0.25) is 0 Å². The summed E-state index contributed by atoms with van der Waals surface area (Å²) >= 11 is 1.63. The van der Waals surface area contributed by atoms with Crippen molar-refractivity contribution in [2.75, 3.05) is 50.1 Å². The molecule has 1 saturated heterocycles. The third-order valence-corrected chi connectivity index (χ3v) is 4.61. The summed E-state index contributed by atoms with van der Waals surface area (Å²) in [4.78, 5) is 27.0. The van der Waals surface area contributed by atoms with Crippen molar-refractivity contribution in [1.29, 1.82) is 0 Å². The molecule has 0 aliphatic carbocycles. The minimum Gasteiger partial charge on any atom is -0.353 e. The predicted octanol–water partition coefficient (Wildman–Crippen LogP) is 1.97. The first-order chi connectivity index (χ1) is 11.6. The van der Waals surface area contributed by atoms with Crippen LogP contribution < -0.4 is 9.80 Å². The van der Waals surface area contributed by atoms with Crippen molar-refractivity contribution in [3.8, 4) is 0 Å². The van der Waals surface area contributed by atoms with Crippen molar-refractivity contribution in [3.05, 3.63) is 40.7 Å². The van der Waals surface area contributed by atoms with Gasteiger partial charge in [0.25, 0.3) is 0 Å². The fraction of sp³-hybridized carbons (Fsp3) is 0.353. The zero-order valence-corrected chi connectivity index (χ0v) is 14.7. The van der Waals surface area contributed by atoms with E-state index in [-0.39, 0.29) is 5.91 Å². The molecule has 1 aliphatic rings. The van der Waals surface area contributed by atoms with Crippen LogP contribution in [0.25, 0.3) is 6.08 Å². The van der Waals surface area contributed by atoms with E-state index in [1.54, 1.807) is 23.6 Å². The minimum absolute atomic E-state index is 0.0671. The van der Waals surface area contributed by atoms with Crippen molar-refractivity contribution in [2.45, 2.75) is 0 Å². The predicted molar refractivity (Wildman–Crippen MR) is 98.5 cm³/mol. The summed E-state index contributed by atoms with van der Waals surface area (Å²) in [5, 5.41) is 4.03. The molecule has 0 spiro atoms. The molecule has 24 heavy (non-hydrogen) atoms. The number of nitrogens with zero attached hydrogens (tertiary/aromatic N) is 5. The summed E-state index contributed by atoms with van der Waals surface area (Å²) in [5.41, 5.74) is 1.07. The lowest BCUT2D eigenvalue weighted by molar-refractivity contribution is -0.126. The fourth-order valence-corrected chi connectivity index (χ4v) is 3.16. The molecule has 6 nitrogen and oxygen atoms in total. The van der Waals surface area contributed by atoms with Crippen LogP contribution in [-0.4, -0.2) is 61.0 Å². The van der Waals surface area contributed by atoms with E-state index >= 15 is 0 Å². The normalized spacial score (nSPS) is 15.1. The van der Waals surface area contributed by atoms with Gasteiger partial charge >= 0.3 is 0 Å². The Morgan fingerprint density at radius 2 is 2.04 bits per heavy atom. The molecule has 3 rings (SSSR count). The zero-order chi connectivity index (χ0) is 16.9. The second kappa shape index (κ2) is 7.44. The van der Waals surface area contributed by atoms with Gasteiger partial charge in [-0.15, -0.1) is 0 Å². The molecule has 0 N–H and O–H groups in total. The van der Waals surface area contributed by atoms with Crippen molar-refractivity contribution in [2.24, 2.45) is 0 Å². The molecule has 2 aromatic rings. The summed E-state index contributed by atoms with van der Waals surface area (Å²) in [6, 6.07) is 3.92. The van der Waals surface area contributed by atoms with Crippen LogP contribution in [-0.2, 0) is 4.79 Å². The molecule has 7 heteroatoms. The van der Waals surface area contributed by atoms with Crippen LogP contribution >= 0.6 is 11.3 Å². The highest BCUT2D eigenvalue weighted by Crippen LogP contribution is 2.16. The molecule has 3 heterocycles. The molecule has 1 aliphatic heterocycles. The Hall–Kier alpha value is -2.41. The van der Waals surface area contributed by atoms with Gasteiger partial charge in [-0.1, -0.05) is 0 Å². The fourth-order valence-electron chi connectivity index (χ4n) is 2.53. The van der Waals surface area contributed by atoms with E-state index in [9.17, 15) is 4.79 Å². The maximum absolute atomic E-state index is 12.3. The SMILES string of the molecule is CN(C)c1nccc(N2CCN(C(=O)C=Cc3ccsc3)CC2)n1. The highest BCUT2D eigenvalue weighted by molar-refractivity contribution is 7.08. The second-order valence-electron chi connectivity index (χ2n) is 5.81. The summed E-state index contributed by atoms with van der Waals surface area (Å²) in [7, 11) is 3.85. The molecule has 0 saturated carbocycles. The Bertz CT molecular complexity index is 706. The number of aromatic nitrogens is 2. The Kier molecular flexibility index (Phi) is 5.10. The van der Waals surface area contributed by atoms with Gasteiger partial charge in [0.15, 0.2) is 0 Å². The Balaban J connectivity index is 1.57. The van der Waals surface area contributed by atoms with Crippen LogP contribution in [0.15, 0.2) is 35.2 Å². The maximum atomic E-state index is 12.3. The number of anilines is 2. The number of thiophene rings is 1. The topological polar surface area (TPSA) is 52.6 Å². The van der Waals surface area contributed by atoms with E-state index in [2.05, 4.69) is 14.9 Å². The number of amides is 1. The molecule has 126 valence electrons. The second-order valence-corrected chi connectivity index (χ2v) is 6.59. The monoisotopic (exact) mass is 343 g/mol. The van der Waals surface area contributed by atoms with E-state index < -0.39 is 0 Å². The number of rotatable bonds is 4. The summed E-state index contributed by atoms with van der Waals surface area (Å²) in [6.45, 7) is 2.96. The summed E-state index contributed by atoms with van der Waals surface area (Å²) in [5.74, 6) is 1.68. The van der Waals surface area contributed by atoms with E-state index in [4.69, 9.17) is 0 Å². The van der Waals surface area contributed by atoms with Crippen LogP contribution in [0, 0.1) is 0 Å². The molecule has 2 aromatic heterocycles. The third kappa shape index (κ3) is 3.91. The van der Waals surface area contributed by atoms with Gasteiger partial charge in [-0.25, -0.2) is 4.98 Å². The standard InChI is InChI=1S/C17H21N5OS/c1-20(2)17-18-7-5-15(19-17)21-8-10-22(11-9-21)16(23)4-3-14-6-12-24-13-14/h3-7,12-13H,8-11H2,1-2H3. The van der Waals surface area contributed by atoms with E-state index in [1.807, 2.05) is 52.9 Å². The number of hydrogen-bond acceptors (Lipinski definition) is 6. The van der Waals surface area contributed by atoms with E-state index in [1.165, 1.54) is 0 Å². The van der Waals surface area contributed by atoms with Crippen molar-refractivity contribution in [3.63, 3.8) is 0 Å². The smallest absolute Gasteiger partial charge is 0.246 e. The average molecular weight is 343 g/mol. The number of carbonyl (C=O) groups is 1. The van der Waals surface area contributed by atoms with Gasteiger partial charge in [-0.05, 0) is 34.5 Å². The van der Waals surface area contributed by atoms with Gasteiger partial charge < -0.3 is 14.7 Å².